The first-order valence-corrected chi connectivity index (χ1v) is 12.5. The molecular weight excluding hydrogens is 534 g/mol. The number of carbonyl (C=O) groups excluding carboxylic acids is 1. The average molecular weight is 573 g/mol. The number of carboxylic acid groups (broad SMARTS) is 1. The highest BCUT2D eigenvalue weighted by atomic mass is 16.7. The Kier molecular flexibility index (Phi) is 5.77. The van der Waals surface area contributed by atoms with E-state index in [1.54, 1.807) is 60.7 Å². The molecule has 0 aliphatic carbocycles. The standard InChI is InChI=1S/C29H31N3O9/c1-15(2)31-14-18(20(16-9-5-3-6-10-16)17-11-7-4-8-12-17)32-21(27(31)37)25(19(33)13-30-32)40-29-24(36)22(34)23(35)26(41-29)28(38)39/h3-13,15,18,20,22-24,26,29,34-36H,14H2,1-2H3,(H,38,39)/t18-,22+,23+,24-,26+,29-/m1/s1/i1D3,2D3,15D. The van der Waals surface area contributed by atoms with Crippen LogP contribution in [0.2, 0.25) is 0 Å². The number of hydrogen-bond donors (Lipinski definition) is 4. The van der Waals surface area contributed by atoms with Crippen LogP contribution < -0.4 is 10.2 Å². The fourth-order valence-corrected chi connectivity index (χ4v) is 5.15. The molecule has 0 spiro atoms. The van der Waals surface area contributed by atoms with Crippen LogP contribution in [0.5, 0.6) is 5.75 Å². The van der Waals surface area contributed by atoms with Crippen LogP contribution in [0.3, 0.4) is 0 Å². The molecule has 0 saturated carbocycles. The third-order valence-electron chi connectivity index (χ3n) is 7.12. The highest BCUT2D eigenvalue weighted by Gasteiger charge is 2.49. The third-order valence-corrected chi connectivity index (χ3v) is 7.12. The van der Waals surface area contributed by atoms with E-state index in [1.807, 2.05) is 0 Å². The minimum Gasteiger partial charge on any atom is -0.479 e. The highest BCUT2D eigenvalue weighted by Crippen LogP contribution is 2.40. The number of rotatable bonds is 7. The lowest BCUT2D eigenvalue weighted by Gasteiger charge is -2.42. The lowest BCUT2D eigenvalue weighted by molar-refractivity contribution is -0.271. The number of aliphatic carboxylic acids is 1. The molecule has 4 N–H and O–H groups in total. The maximum atomic E-state index is 14.3. The molecule has 12 nitrogen and oxygen atoms in total. The summed E-state index contributed by atoms with van der Waals surface area (Å²) in [6.07, 6.45) is -10.0. The molecule has 0 bridgehead atoms. The van der Waals surface area contributed by atoms with Crippen LogP contribution in [0.1, 0.15) is 56.9 Å². The van der Waals surface area contributed by atoms with E-state index in [2.05, 4.69) is 5.10 Å². The molecule has 3 heterocycles. The molecule has 216 valence electrons. The van der Waals surface area contributed by atoms with Crippen molar-refractivity contribution in [1.82, 2.24) is 14.7 Å². The van der Waals surface area contributed by atoms with Gasteiger partial charge in [-0.1, -0.05) is 60.7 Å². The Balaban J connectivity index is 1.77. The number of aliphatic hydroxyl groups is 3. The molecule has 2 aliphatic rings. The van der Waals surface area contributed by atoms with Crippen LogP contribution in [0.15, 0.2) is 71.7 Å². The van der Waals surface area contributed by atoms with E-state index in [9.17, 15) is 34.8 Å². The van der Waals surface area contributed by atoms with Gasteiger partial charge >= 0.3 is 5.97 Å². The Morgan fingerprint density at radius 3 is 2.20 bits per heavy atom. The van der Waals surface area contributed by atoms with Crippen LogP contribution in [-0.4, -0.2) is 90.3 Å². The molecule has 0 radical (unpaired) electrons. The Labute approximate surface area is 244 Å². The summed E-state index contributed by atoms with van der Waals surface area (Å²) >= 11 is 0. The summed E-state index contributed by atoms with van der Waals surface area (Å²) < 4.78 is 69.2. The van der Waals surface area contributed by atoms with Crippen LogP contribution in [0.4, 0.5) is 0 Å². The molecule has 41 heavy (non-hydrogen) atoms. The van der Waals surface area contributed by atoms with Crippen molar-refractivity contribution in [2.45, 2.75) is 62.4 Å². The Morgan fingerprint density at radius 2 is 1.63 bits per heavy atom. The number of aliphatic hydroxyl groups excluding tert-OH is 3. The predicted molar refractivity (Wildman–Crippen MR) is 143 cm³/mol. The third kappa shape index (κ3) is 5.22. The van der Waals surface area contributed by atoms with Crippen LogP contribution >= 0.6 is 0 Å². The second kappa shape index (κ2) is 11.4. The summed E-state index contributed by atoms with van der Waals surface area (Å²) in [5.74, 6) is -5.01. The number of ether oxygens (including phenoxy) is 2. The van der Waals surface area contributed by atoms with Gasteiger partial charge < -0.3 is 34.8 Å². The first kappa shape index (κ1) is 20.7. The lowest BCUT2D eigenvalue weighted by atomic mass is 9.83. The van der Waals surface area contributed by atoms with Crippen molar-refractivity contribution in [3.63, 3.8) is 0 Å². The van der Waals surface area contributed by atoms with E-state index < -0.39 is 97.7 Å². The number of carbonyl (C=O) groups is 2. The van der Waals surface area contributed by atoms with Gasteiger partial charge in [0.05, 0.1) is 13.6 Å². The number of fused-ring (bicyclic) bond motifs is 1. The highest BCUT2D eigenvalue weighted by molar-refractivity contribution is 5.96. The number of nitrogens with zero attached hydrogens (tertiary/aromatic N) is 3. The van der Waals surface area contributed by atoms with Gasteiger partial charge in [-0.2, -0.15) is 5.10 Å². The topological polar surface area (TPSA) is 172 Å². The zero-order chi connectivity index (χ0) is 35.3. The molecule has 3 aromatic rings. The second-order valence-electron chi connectivity index (χ2n) is 9.61. The van der Waals surface area contributed by atoms with Crippen molar-refractivity contribution in [1.29, 1.82) is 0 Å². The van der Waals surface area contributed by atoms with Gasteiger partial charge in [0.1, 0.15) is 18.3 Å². The van der Waals surface area contributed by atoms with E-state index in [4.69, 9.17) is 19.1 Å². The number of amides is 1. The van der Waals surface area contributed by atoms with Crippen molar-refractivity contribution in [3.8, 4) is 5.75 Å². The van der Waals surface area contributed by atoms with Crippen molar-refractivity contribution in [3.05, 3.63) is 93.9 Å². The largest absolute Gasteiger partial charge is 0.479 e. The van der Waals surface area contributed by atoms with Crippen LogP contribution in [-0.2, 0) is 9.53 Å². The van der Waals surface area contributed by atoms with Crippen molar-refractivity contribution in [2.75, 3.05) is 6.54 Å². The molecule has 0 unspecified atom stereocenters. The number of benzene rings is 2. The minimum atomic E-state index is -3.63. The zero-order valence-electron chi connectivity index (χ0n) is 28.3. The molecule has 1 fully saturated rings. The lowest BCUT2D eigenvalue weighted by Crippen LogP contribution is -2.61. The van der Waals surface area contributed by atoms with Gasteiger partial charge in [0.25, 0.3) is 5.91 Å². The first-order valence-electron chi connectivity index (χ1n) is 16.0. The van der Waals surface area contributed by atoms with E-state index in [1.165, 1.54) is 0 Å². The van der Waals surface area contributed by atoms with Gasteiger partial charge in [-0.3, -0.25) is 14.3 Å². The van der Waals surface area contributed by atoms with Crippen molar-refractivity contribution in [2.24, 2.45) is 0 Å². The number of aromatic nitrogens is 2. The monoisotopic (exact) mass is 572 g/mol. The normalized spacial score (nSPS) is 29.6. The average Bonchev–Trinajstić information content (AvgIpc) is 3.02. The summed E-state index contributed by atoms with van der Waals surface area (Å²) in [5.41, 5.74) is -0.790. The summed E-state index contributed by atoms with van der Waals surface area (Å²) in [6.45, 7) is -7.96. The quantitative estimate of drug-likeness (QED) is 0.317. The maximum absolute atomic E-state index is 14.3. The molecule has 5 rings (SSSR count). The summed E-state index contributed by atoms with van der Waals surface area (Å²) in [5, 5.41) is 44.7. The van der Waals surface area contributed by atoms with Gasteiger partial charge in [-0.25, -0.2) is 4.79 Å². The molecule has 1 aromatic heterocycles. The summed E-state index contributed by atoms with van der Waals surface area (Å²) in [6, 6.07) is 12.5. The number of carboxylic acids is 1. The number of hydrogen-bond acceptors (Lipinski definition) is 9. The predicted octanol–water partition coefficient (Wildman–Crippen LogP) is 0.752. The molecule has 1 amide bonds. The first-order chi connectivity index (χ1) is 22.4. The molecular formula is C29H31N3O9. The van der Waals surface area contributed by atoms with Crippen molar-refractivity contribution >= 4 is 11.9 Å². The summed E-state index contributed by atoms with van der Waals surface area (Å²) in [7, 11) is 0. The molecule has 2 aliphatic heterocycles. The SMILES string of the molecule is [2H]C([2H])([2H])C([2H])(N1C[C@H](C(c2ccccc2)c2ccccc2)n2ncc(=O)c(O[C@@H]3O[C@H](C(=O)O)[C@@H](O)[C@H](O)[C@H]3O)c2C1=O)C([2H])([2H])[2H]. The van der Waals surface area contributed by atoms with Crippen molar-refractivity contribution < 1.29 is 49.1 Å². The zero-order valence-corrected chi connectivity index (χ0v) is 21.3. The summed E-state index contributed by atoms with van der Waals surface area (Å²) in [4.78, 5) is 39.7. The molecule has 12 heteroatoms. The van der Waals surface area contributed by atoms with Crippen LogP contribution in [0, 0.1) is 0 Å². The fourth-order valence-electron chi connectivity index (χ4n) is 5.15. The van der Waals surface area contributed by atoms with Gasteiger partial charge in [0.2, 0.25) is 17.5 Å². The molecule has 1 saturated heterocycles. The van der Waals surface area contributed by atoms with Gasteiger partial charge in [-0.15, -0.1) is 0 Å². The Bertz CT molecular complexity index is 1670. The maximum Gasteiger partial charge on any atom is 0.335 e. The van der Waals surface area contributed by atoms with E-state index in [-0.39, 0.29) is 0 Å². The van der Waals surface area contributed by atoms with E-state index in [0.717, 1.165) is 10.9 Å². The Hall–Kier alpha value is -4.10. The Morgan fingerprint density at radius 1 is 1.02 bits per heavy atom. The van der Waals surface area contributed by atoms with Gasteiger partial charge in [0.15, 0.2) is 11.8 Å². The van der Waals surface area contributed by atoms with Gasteiger partial charge in [-0.05, 0) is 24.8 Å². The minimum absolute atomic E-state index is 0.316. The van der Waals surface area contributed by atoms with Crippen LogP contribution in [0.25, 0.3) is 0 Å². The van der Waals surface area contributed by atoms with E-state index >= 15 is 0 Å². The fraction of sp³-hybridized carbons (Fsp3) is 0.379. The second-order valence-corrected chi connectivity index (χ2v) is 9.61. The van der Waals surface area contributed by atoms with Gasteiger partial charge in [0, 0.05) is 26.7 Å². The smallest absolute Gasteiger partial charge is 0.335 e. The van der Waals surface area contributed by atoms with E-state index in [0.29, 0.717) is 16.0 Å². The molecule has 2 aromatic carbocycles. The molecule has 6 atom stereocenters.